The van der Waals surface area contributed by atoms with Crippen molar-refractivity contribution in [3.05, 3.63) is 0 Å². The quantitative estimate of drug-likeness (QED) is 0.0357. The summed E-state index contributed by atoms with van der Waals surface area (Å²) in [6.07, 6.45) is 62.9. The van der Waals surface area contributed by atoms with Gasteiger partial charge in [0.1, 0.15) is 13.2 Å². The number of aliphatic hydroxyl groups excluding tert-OH is 1. The van der Waals surface area contributed by atoms with Gasteiger partial charge in [0, 0.05) is 6.42 Å². The summed E-state index contributed by atoms with van der Waals surface area (Å²) in [5.41, 5.74) is 0. The van der Waals surface area contributed by atoms with Crippen LogP contribution in [0.4, 0.5) is 0 Å². The molecular formula is C60H123N2O6P. The highest BCUT2D eigenvalue weighted by Crippen LogP contribution is 2.38. The highest BCUT2D eigenvalue weighted by molar-refractivity contribution is 7.45. The minimum atomic E-state index is -4.57. The van der Waals surface area contributed by atoms with Gasteiger partial charge in [-0.2, -0.15) is 0 Å². The van der Waals surface area contributed by atoms with Crippen molar-refractivity contribution < 1.29 is 32.9 Å². The van der Waals surface area contributed by atoms with E-state index in [-0.39, 0.29) is 19.1 Å². The lowest BCUT2D eigenvalue weighted by atomic mass is 10.0. The molecule has 0 aliphatic carbocycles. The predicted molar refractivity (Wildman–Crippen MR) is 298 cm³/mol. The molecule has 2 N–H and O–H groups in total. The van der Waals surface area contributed by atoms with Gasteiger partial charge in [-0.1, -0.05) is 309 Å². The molecule has 0 rings (SSSR count). The van der Waals surface area contributed by atoms with Gasteiger partial charge in [0.2, 0.25) is 5.91 Å². The molecule has 0 saturated carbocycles. The number of hydrogen-bond acceptors (Lipinski definition) is 6. The number of unbranched alkanes of at least 4 members (excludes halogenated alkanes) is 45. The summed E-state index contributed by atoms with van der Waals surface area (Å²) in [6, 6.07) is -0.796. The van der Waals surface area contributed by atoms with Gasteiger partial charge in [-0.05, 0) is 12.8 Å². The Bertz CT molecular complexity index is 1090. The number of likely N-dealkylation sites (N-methyl/N-ethyl adjacent to an activating group) is 1. The summed E-state index contributed by atoms with van der Waals surface area (Å²) in [6.45, 7) is 4.79. The summed E-state index contributed by atoms with van der Waals surface area (Å²) in [4.78, 5) is 25.6. The maximum absolute atomic E-state index is 13.0. The van der Waals surface area contributed by atoms with Crippen molar-refractivity contribution in [1.82, 2.24) is 5.32 Å². The Balaban J connectivity index is 4.08. The Morgan fingerprint density at radius 2 is 0.710 bits per heavy atom. The van der Waals surface area contributed by atoms with Crippen molar-refractivity contribution in [3.8, 4) is 0 Å². The first-order valence-corrected chi connectivity index (χ1v) is 32.3. The van der Waals surface area contributed by atoms with E-state index < -0.39 is 20.0 Å². The smallest absolute Gasteiger partial charge is 0.268 e. The first kappa shape index (κ1) is 68.5. The molecule has 0 saturated heterocycles. The van der Waals surface area contributed by atoms with Crippen LogP contribution in [0.2, 0.25) is 0 Å². The van der Waals surface area contributed by atoms with Crippen molar-refractivity contribution in [2.75, 3.05) is 40.9 Å². The SMILES string of the molecule is CCCCCCCCCCCCCCCCCCCCCCCCCCCC(O)C(COP(=O)([O-])OCC[N+](C)(C)C)NC(=O)CCCCCCCCCCCCCCCCCCCCCCCC. The summed E-state index contributed by atoms with van der Waals surface area (Å²) in [5.74, 6) is -0.155. The standard InChI is InChI=1S/C60H123N2O6P/c1-6-8-10-12-14-16-18-20-22-24-26-28-30-31-32-33-35-37-39-41-43-45-47-49-51-53-59(63)58(57-68-69(65,66)67-56-55-62(3,4)5)61-60(64)54-52-50-48-46-44-42-40-38-36-34-29-27-25-23-21-19-17-15-13-11-9-7-2/h58-59,63H,6-57H2,1-5H3,(H-,61,64,65,66). The van der Waals surface area contributed by atoms with Crippen LogP contribution in [-0.2, 0) is 18.4 Å². The molecule has 3 unspecified atom stereocenters. The van der Waals surface area contributed by atoms with Crippen LogP contribution >= 0.6 is 7.82 Å². The second-order valence-corrected chi connectivity index (χ2v) is 24.2. The lowest BCUT2D eigenvalue weighted by Crippen LogP contribution is -2.46. The Morgan fingerprint density at radius 3 is 0.986 bits per heavy atom. The monoisotopic (exact) mass is 999 g/mol. The molecule has 0 spiro atoms. The van der Waals surface area contributed by atoms with E-state index in [4.69, 9.17) is 9.05 Å². The first-order valence-electron chi connectivity index (χ1n) is 30.9. The molecular weight excluding hydrogens is 876 g/mol. The van der Waals surface area contributed by atoms with Crippen LogP contribution in [0.3, 0.4) is 0 Å². The molecule has 69 heavy (non-hydrogen) atoms. The zero-order valence-electron chi connectivity index (χ0n) is 47.3. The minimum absolute atomic E-state index is 0.0168. The fraction of sp³-hybridized carbons (Fsp3) is 0.983. The van der Waals surface area contributed by atoms with E-state index in [2.05, 4.69) is 19.2 Å². The normalized spacial score (nSPS) is 13.8. The fourth-order valence-corrected chi connectivity index (χ4v) is 10.5. The van der Waals surface area contributed by atoms with E-state index in [0.717, 1.165) is 38.5 Å². The van der Waals surface area contributed by atoms with Gasteiger partial charge < -0.3 is 28.8 Å². The van der Waals surface area contributed by atoms with Crippen LogP contribution in [0.25, 0.3) is 0 Å². The topological polar surface area (TPSA) is 108 Å². The highest BCUT2D eigenvalue weighted by atomic mass is 31.2. The molecule has 0 aliphatic heterocycles. The zero-order valence-corrected chi connectivity index (χ0v) is 48.2. The van der Waals surface area contributed by atoms with Crippen LogP contribution in [0, 0.1) is 0 Å². The molecule has 0 fully saturated rings. The van der Waals surface area contributed by atoms with E-state index in [1.54, 1.807) is 0 Å². The van der Waals surface area contributed by atoms with Gasteiger partial charge in [0.25, 0.3) is 7.82 Å². The van der Waals surface area contributed by atoms with Gasteiger partial charge in [-0.25, -0.2) is 0 Å². The summed E-state index contributed by atoms with van der Waals surface area (Å²) >= 11 is 0. The maximum atomic E-state index is 13.0. The molecule has 9 heteroatoms. The van der Waals surface area contributed by atoms with Crippen molar-refractivity contribution in [3.63, 3.8) is 0 Å². The third-order valence-corrected chi connectivity index (χ3v) is 15.6. The molecule has 0 aliphatic rings. The third kappa shape index (κ3) is 55.1. The van der Waals surface area contributed by atoms with Crippen LogP contribution in [0.15, 0.2) is 0 Å². The number of rotatable bonds is 58. The van der Waals surface area contributed by atoms with Crippen molar-refractivity contribution in [2.24, 2.45) is 0 Å². The van der Waals surface area contributed by atoms with Gasteiger partial charge in [-0.3, -0.25) is 9.36 Å². The zero-order chi connectivity index (χ0) is 50.6. The Hall–Kier alpha value is -0.500. The number of phosphoric ester groups is 1. The summed E-state index contributed by atoms with van der Waals surface area (Å²) in [5, 5.41) is 14.1. The van der Waals surface area contributed by atoms with E-state index in [9.17, 15) is 19.4 Å². The molecule has 0 aromatic heterocycles. The Kier molecular flexibility index (Phi) is 52.0. The highest BCUT2D eigenvalue weighted by Gasteiger charge is 2.24. The molecule has 0 bridgehead atoms. The fourth-order valence-electron chi connectivity index (χ4n) is 9.75. The third-order valence-electron chi connectivity index (χ3n) is 14.6. The average Bonchev–Trinajstić information content (AvgIpc) is 3.31. The molecule has 0 aromatic carbocycles. The van der Waals surface area contributed by atoms with Gasteiger partial charge >= 0.3 is 0 Å². The van der Waals surface area contributed by atoms with Crippen LogP contribution < -0.4 is 10.2 Å². The summed E-state index contributed by atoms with van der Waals surface area (Å²) < 4.78 is 23.5. The largest absolute Gasteiger partial charge is 0.756 e. The molecule has 0 heterocycles. The predicted octanol–water partition coefficient (Wildman–Crippen LogP) is 18.2. The van der Waals surface area contributed by atoms with E-state index >= 15 is 0 Å². The van der Waals surface area contributed by atoms with E-state index in [1.165, 1.54) is 263 Å². The molecule has 414 valence electrons. The second kappa shape index (κ2) is 52.4. The van der Waals surface area contributed by atoms with Gasteiger partial charge in [0.05, 0.1) is 39.9 Å². The number of carbonyl (C=O) groups excluding carboxylic acids is 1. The number of nitrogens with zero attached hydrogens (tertiary/aromatic N) is 1. The molecule has 0 aromatic rings. The number of carbonyl (C=O) groups is 1. The minimum Gasteiger partial charge on any atom is -0.756 e. The van der Waals surface area contributed by atoms with Crippen LogP contribution in [-0.4, -0.2) is 68.5 Å². The lowest BCUT2D eigenvalue weighted by molar-refractivity contribution is -0.870. The Labute approximate surface area is 431 Å². The number of hydrogen-bond donors (Lipinski definition) is 2. The van der Waals surface area contributed by atoms with Crippen LogP contribution in [0.5, 0.6) is 0 Å². The lowest BCUT2D eigenvalue weighted by Gasteiger charge is -2.30. The number of aliphatic hydroxyl groups is 1. The van der Waals surface area contributed by atoms with E-state index in [0.29, 0.717) is 23.9 Å². The van der Waals surface area contributed by atoms with Gasteiger partial charge in [0.15, 0.2) is 0 Å². The maximum Gasteiger partial charge on any atom is 0.268 e. The van der Waals surface area contributed by atoms with Crippen LogP contribution in [0.1, 0.15) is 328 Å². The first-order chi connectivity index (χ1) is 33.5. The number of nitrogens with one attached hydrogen (secondary N) is 1. The molecule has 0 radical (unpaired) electrons. The van der Waals surface area contributed by atoms with Gasteiger partial charge in [-0.15, -0.1) is 0 Å². The number of amides is 1. The summed E-state index contributed by atoms with van der Waals surface area (Å²) in [7, 11) is 1.33. The van der Waals surface area contributed by atoms with E-state index in [1.807, 2.05) is 21.1 Å². The average molecular weight is 1000 g/mol. The van der Waals surface area contributed by atoms with Crippen molar-refractivity contribution in [1.29, 1.82) is 0 Å². The Morgan fingerprint density at radius 1 is 0.449 bits per heavy atom. The number of quaternary nitrogens is 1. The molecule has 1 amide bonds. The molecule has 8 nitrogen and oxygen atoms in total. The van der Waals surface area contributed by atoms with Crippen molar-refractivity contribution in [2.45, 2.75) is 341 Å². The number of phosphoric acid groups is 1. The molecule has 3 atom stereocenters. The second-order valence-electron chi connectivity index (χ2n) is 22.8. The van der Waals surface area contributed by atoms with Crippen molar-refractivity contribution >= 4 is 13.7 Å².